The Balaban J connectivity index is 2.14. The topological polar surface area (TPSA) is 76.9 Å². The van der Waals surface area contributed by atoms with Crippen LogP contribution < -0.4 is 5.32 Å². The summed E-state index contributed by atoms with van der Waals surface area (Å²) in [6.07, 6.45) is 2.93. The third-order valence-corrected chi connectivity index (χ3v) is 2.39. The molecule has 78 valence electrons. The number of anilines is 1. The lowest BCUT2D eigenvalue weighted by Crippen LogP contribution is -2.12. The Labute approximate surface area is 89.9 Å². The van der Waals surface area contributed by atoms with Crippen molar-refractivity contribution in [2.45, 2.75) is 0 Å². The maximum absolute atomic E-state index is 11.5. The minimum Gasteiger partial charge on any atom is -0.318 e. The van der Waals surface area contributed by atoms with Crippen LogP contribution in [0, 0.1) is 0 Å². The largest absolute Gasteiger partial charge is 0.318 e. The van der Waals surface area contributed by atoms with Crippen LogP contribution in [0.15, 0.2) is 30.9 Å². The number of hydrogen-bond acceptors (Lipinski definition) is 4. The summed E-state index contributed by atoms with van der Waals surface area (Å²) in [5.41, 5.74) is 1.61. The van der Waals surface area contributed by atoms with Gasteiger partial charge in [-0.05, 0) is 18.2 Å². The van der Waals surface area contributed by atoms with Crippen LogP contribution in [-0.2, 0) is 4.79 Å². The van der Waals surface area contributed by atoms with Crippen molar-refractivity contribution in [1.82, 2.24) is 14.8 Å². The van der Waals surface area contributed by atoms with Crippen LogP contribution in [0.2, 0.25) is 0 Å². The summed E-state index contributed by atoms with van der Waals surface area (Å²) in [7, 11) is 0. The molecule has 6 nitrogen and oxygen atoms in total. The third-order valence-electron chi connectivity index (χ3n) is 2.39. The van der Waals surface area contributed by atoms with E-state index in [1.54, 1.807) is 18.2 Å². The molecule has 1 aliphatic rings. The lowest BCUT2D eigenvalue weighted by atomic mass is 10.1. The van der Waals surface area contributed by atoms with Gasteiger partial charge in [0.05, 0.1) is 16.9 Å². The number of rotatable bonds is 1. The van der Waals surface area contributed by atoms with Gasteiger partial charge < -0.3 is 5.32 Å². The van der Waals surface area contributed by atoms with E-state index in [1.165, 1.54) is 17.3 Å². The van der Waals surface area contributed by atoms with Crippen LogP contribution in [0.4, 0.5) is 5.69 Å². The Hall–Kier alpha value is -2.50. The van der Waals surface area contributed by atoms with Gasteiger partial charge in [0.15, 0.2) is 0 Å². The highest BCUT2D eigenvalue weighted by molar-refractivity contribution is 6.51. The fourth-order valence-electron chi connectivity index (χ4n) is 1.61. The molecule has 2 heterocycles. The maximum atomic E-state index is 11.5. The normalized spacial score (nSPS) is 13.8. The number of nitrogens with one attached hydrogen (secondary N) is 1. The molecule has 0 unspecified atom stereocenters. The molecule has 0 saturated heterocycles. The van der Waals surface area contributed by atoms with Crippen LogP contribution in [0.3, 0.4) is 0 Å². The van der Waals surface area contributed by atoms with Gasteiger partial charge in [0.2, 0.25) is 0 Å². The second-order valence-corrected chi connectivity index (χ2v) is 3.35. The number of fused-ring (bicyclic) bond motifs is 1. The Morgan fingerprint density at radius 3 is 2.88 bits per heavy atom. The van der Waals surface area contributed by atoms with Crippen molar-refractivity contribution in [3.05, 3.63) is 36.4 Å². The maximum Gasteiger partial charge on any atom is 0.296 e. The average molecular weight is 214 g/mol. The van der Waals surface area contributed by atoms with E-state index in [2.05, 4.69) is 15.4 Å². The smallest absolute Gasteiger partial charge is 0.296 e. The van der Waals surface area contributed by atoms with Crippen LogP contribution in [0.1, 0.15) is 10.4 Å². The zero-order valence-electron chi connectivity index (χ0n) is 8.04. The van der Waals surface area contributed by atoms with Gasteiger partial charge in [0, 0.05) is 0 Å². The minimum atomic E-state index is -0.592. The molecule has 1 amide bonds. The van der Waals surface area contributed by atoms with Gasteiger partial charge in [0.1, 0.15) is 12.7 Å². The van der Waals surface area contributed by atoms with E-state index in [1.807, 2.05) is 0 Å². The van der Waals surface area contributed by atoms with Gasteiger partial charge >= 0.3 is 0 Å². The molecule has 0 radical (unpaired) electrons. The van der Waals surface area contributed by atoms with Crippen molar-refractivity contribution in [3.63, 3.8) is 0 Å². The molecule has 2 aromatic rings. The van der Waals surface area contributed by atoms with E-state index >= 15 is 0 Å². The molecule has 0 spiro atoms. The minimum absolute atomic E-state index is 0.373. The number of ketones is 1. The Kier molecular flexibility index (Phi) is 1.64. The summed E-state index contributed by atoms with van der Waals surface area (Å²) in [5.74, 6) is -1.11. The van der Waals surface area contributed by atoms with Crippen molar-refractivity contribution in [2.75, 3.05) is 5.32 Å². The van der Waals surface area contributed by atoms with Gasteiger partial charge in [-0.3, -0.25) is 9.59 Å². The number of nitrogens with zero attached hydrogens (tertiary/aromatic N) is 3. The van der Waals surface area contributed by atoms with Gasteiger partial charge in [-0.1, -0.05) is 0 Å². The van der Waals surface area contributed by atoms with E-state index in [-0.39, 0.29) is 0 Å². The van der Waals surface area contributed by atoms with E-state index in [9.17, 15) is 9.59 Å². The first kappa shape index (κ1) is 8.78. The number of carbonyl (C=O) groups is 2. The molecule has 1 aromatic heterocycles. The first-order valence-electron chi connectivity index (χ1n) is 4.60. The molecule has 1 aromatic carbocycles. The molecule has 0 fully saturated rings. The fraction of sp³-hybridized carbons (Fsp3) is 0. The summed E-state index contributed by atoms with van der Waals surface area (Å²) < 4.78 is 1.52. The Morgan fingerprint density at radius 1 is 1.25 bits per heavy atom. The molecule has 0 bridgehead atoms. The Bertz CT molecular complexity index is 589. The van der Waals surface area contributed by atoms with Gasteiger partial charge in [-0.2, -0.15) is 5.10 Å². The lowest BCUT2D eigenvalue weighted by Gasteiger charge is -2.02. The zero-order valence-corrected chi connectivity index (χ0v) is 8.04. The van der Waals surface area contributed by atoms with Crippen LogP contribution in [-0.4, -0.2) is 26.5 Å². The molecule has 3 rings (SSSR count). The lowest BCUT2D eigenvalue weighted by molar-refractivity contribution is -0.112. The zero-order chi connectivity index (χ0) is 11.1. The molecule has 16 heavy (non-hydrogen) atoms. The number of Topliss-reactive ketones (excluding diaryl/α,β-unsaturated/α-hetero) is 1. The van der Waals surface area contributed by atoms with Crippen LogP contribution in [0.5, 0.6) is 0 Å². The van der Waals surface area contributed by atoms with Crippen molar-refractivity contribution < 1.29 is 9.59 Å². The monoisotopic (exact) mass is 214 g/mol. The second kappa shape index (κ2) is 2.99. The number of benzene rings is 1. The summed E-state index contributed by atoms with van der Waals surface area (Å²) in [6, 6.07) is 5.05. The predicted octanol–water partition coefficient (Wildman–Crippen LogP) is 0.402. The number of aromatic nitrogens is 3. The highest BCUT2D eigenvalue weighted by Gasteiger charge is 2.28. The Morgan fingerprint density at radius 2 is 2.12 bits per heavy atom. The first-order valence-corrected chi connectivity index (χ1v) is 4.60. The van der Waals surface area contributed by atoms with E-state index < -0.39 is 11.7 Å². The van der Waals surface area contributed by atoms with E-state index in [0.717, 1.165) is 0 Å². The molecule has 1 aliphatic heterocycles. The van der Waals surface area contributed by atoms with Gasteiger partial charge in [0.25, 0.3) is 11.7 Å². The summed E-state index contributed by atoms with van der Waals surface area (Å²) in [5, 5.41) is 6.43. The third kappa shape index (κ3) is 1.13. The van der Waals surface area contributed by atoms with Crippen LogP contribution >= 0.6 is 0 Å². The van der Waals surface area contributed by atoms with Crippen molar-refractivity contribution >= 4 is 17.4 Å². The highest BCUT2D eigenvalue weighted by Crippen LogP contribution is 2.24. The van der Waals surface area contributed by atoms with Crippen LogP contribution in [0.25, 0.3) is 5.69 Å². The van der Waals surface area contributed by atoms with Crippen molar-refractivity contribution in [3.8, 4) is 5.69 Å². The number of amides is 1. The molecule has 6 heteroatoms. The second-order valence-electron chi connectivity index (χ2n) is 3.35. The van der Waals surface area contributed by atoms with Gasteiger partial charge in [-0.15, -0.1) is 0 Å². The van der Waals surface area contributed by atoms with E-state index in [4.69, 9.17) is 0 Å². The number of carbonyl (C=O) groups excluding carboxylic acids is 2. The average Bonchev–Trinajstić information content (AvgIpc) is 2.89. The van der Waals surface area contributed by atoms with Crippen molar-refractivity contribution in [2.24, 2.45) is 0 Å². The molecular formula is C10H6N4O2. The SMILES string of the molecule is O=C1Nc2ccc(-n3cncn3)cc2C1=O. The highest BCUT2D eigenvalue weighted by atomic mass is 16.2. The quantitative estimate of drug-likeness (QED) is 0.697. The molecule has 0 atom stereocenters. The molecular weight excluding hydrogens is 208 g/mol. The standard InChI is InChI=1S/C10H6N4O2/c15-9-7-3-6(14-5-11-4-12-14)1-2-8(7)13-10(9)16/h1-5H,(H,13,15,16). The fourth-order valence-corrected chi connectivity index (χ4v) is 1.61. The molecule has 0 saturated carbocycles. The summed E-state index contributed by atoms with van der Waals surface area (Å²) >= 11 is 0. The molecule has 1 N–H and O–H groups in total. The summed E-state index contributed by atoms with van der Waals surface area (Å²) in [4.78, 5) is 26.4. The van der Waals surface area contributed by atoms with Gasteiger partial charge in [-0.25, -0.2) is 9.67 Å². The number of hydrogen-bond donors (Lipinski definition) is 1. The van der Waals surface area contributed by atoms with Crippen molar-refractivity contribution in [1.29, 1.82) is 0 Å². The summed E-state index contributed by atoms with van der Waals surface area (Å²) in [6.45, 7) is 0. The predicted molar refractivity (Wildman–Crippen MR) is 54.3 cm³/mol. The molecule has 0 aliphatic carbocycles. The van der Waals surface area contributed by atoms with E-state index in [0.29, 0.717) is 16.9 Å². The first-order chi connectivity index (χ1) is 7.75.